The summed E-state index contributed by atoms with van der Waals surface area (Å²) in [5, 5.41) is 3.27. The Morgan fingerprint density at radius 1 is 1.13 bits per heavy atom. The first-order valence-corrected chi connectivity index (χ1v) is 12.4. The number of rotatable bonds is 6. The van der Waals surface area contributed by atoms with Crippen molar-refractivity contribution in [3.05, 3.63) is 37.4 Å². The predicted molar refractivity (Wildman–Crippen MR) is 121 cm³/mol. The maximum atomic E-state index is 12.7. The van der Waals surface area contributed by atoms with Gasteiger partial charge in [-0.25, -0.2) is 9.59 Å². The molecule has 0 saturated heterocycles. The molecule has 2 aromatic heterocycles. The summed E-state index contributed by atoms with van der Waals surface area (Å²) in [5.41, 5.74) is 2.65. The summed E-state index contributed by atoms with van der Waals surface area (Å²) >= 11 is 2.88. The van der Waals surface area contributed by atoms with Crippen LogP contribution in [-0.2, 0) is 40.0 Å². The molecular formula is C23H27NO5S2. The molecule has 0 spiro atoms. The summed E-state index contributed by atoms with van der Waals surface area (Å²) in [6, 6.07) is 1.88. The summed E-state index contributed by atoms with van der Waals surface area (Å²) in [6.45, 7) is 5.40. The topological polar surface area (TPSA) is 81.7 Å². The largest absolute Gasteiger partial charge is 0.459 e. The third-order valence-electron chi connectivity index (χ3n) is 5.59. The first-order valence-electron chi connectivity index (χ1n) is 10.8. The van der Waals surface area contributed by atoms with Crippen LogP contribution < -0.4 is 5.32 Å². The number of carbonyl (C=O) groups excluding carboxylic acids is 3. The molecule has 1 atom stereocenters. The minimum absolute atomic E-state index is 0.248. The third-order valence-corrected chi connectivity index (χ3v) is 7.98. The molecule has 1 N–H and O–H groups in total. The van der Waals surface area contributed by atoms with Gasteiger partial charge in [0.2, 0.25) is 0 Å². The Morgan fingerprint density at radius 3 is 2.68 bits per heavy atom. The number of thiophene rings is 2. The number of esters is 2. The average molecular weight is 462 g/mol. The zero-order valence-electron chi connectivity index (χ0n) is 18.0. The van der Waals surface area contributed by atoms with Gasteiger partial charge in [-0.05, 0) is 75.5 Å². The molecule has 6 nitrogen and oxygen atoms in total. The summed E-state index contributed by atoms with van der Waals surface area (Å²) in [5.74, 6) is -0.810. The van der Waals surface area contributed by atoms with Crippen molar-refractivity contribution >= 4 is 45.5 Å². The van der Waals surface area contributed by atoms with Crippen LogP contribution >= 0.6 is 22.7 Å². The van der Waals surface area contributed by atoms with Crippen LogP contribution in [0.4, 0.5) is 5.00 Å². The van der Waals surface area contributed by atoms with Gasteiger partial charge < -0.3 is 14.8 Å². The summed E-state index contributed by atoms with van der Waals surface area (Å²) in [7, 11) is 0. The Labute approximate surface area is 189 Å². The second kappa shape index (κ2) is 9.12. The number of hydrogen-bond donors (Lipinski definition) is 1. The van der Waals surface area contributed by atoms with Gasteiger partial charge in [0.05, 0.1) is 11.7 Å². The highest BCUT2D eigenvalue weighted by Crippen LogP contribution is 2.40. The van der Waals surface area contributed by atoms with E-state index in [2.05, 4.69) is 12.2 Å². The van der Waals surface area contributed by atoms with Crippen molar-refractivity contribution in [2.45, 2.75) is 65.4 Å². The maximum Gasteiger partial charge on any atom is 0.348 e. The van der Waals surface area contributed by atoms with Crippen LogP contribution in [0.25, 0.3) is 0 Å². The van der Waals surface area contributed by atoms with Gasteiger partial charge in [0.15, 0.2) is 6.61 Å². The molecule has 0 aliphatic heterocycles. The molecule has 0 radical (unpaired) electrons. The third kappa shape index (κ3) is 4.85. The van der Waals surface area contributed by atoms with Crippen LogP contribution in [0.1, 0.15) is 74.5 Å². The van der Waals surface area contributed by atoms with Crippen molar-refractivity contribution in [1.82, 2.24) is 0 Å². The first-order chi connectivity index (χ1) is 14.8. The molecule has 0 bridgehead atoms. The van der Waals surface area contributed by atoms with Crippen molar-refractivity contribution in [3.63, 3.8) is 0 Å². The summed E-state index contributed by atoms with van der Waals surface area (Å²) in [6.07, 6.45) is 5.56. The molecule has 4 rings (SSSR count). The standard InChI is InChI=1S/C23H27NO5S2/c1-12(2)29-23(27)20-15-8-7-13(3)9-17(15)31-21(20)24-19(25)11-28-22(26)18-10-14-5-4-6-16(14)30-18/h10,12-13H,4-9,11H2,1-3H3,(H,24,25). The number of anilines is 1. The highest BCUT2D eigenvalue weighted by molar-refractivity contribution is 7.17. The number of fused-ring (bicyclic) bond motifs is 2. The Bertz CT molecular complexity index is 998. The lowest BCUT2D eigenvalue weighted by atomic mass is 9.88. The highest BCUT2D eigenvalue weighted by atomic mass is 32.1. The molecule has 0 aromatic carbocycles. The normalized spacial score (nSPS) is 17.2. The molecule has 166 valence electrons. The van der Waals surface area contributed by atoms with Crippen LogP contribution in [0.15, 0.2) is 6.07 Å². The number of nitrogens with one attached hydrogen (secondary N) is 1. The van der Waals surface area contributed by atoms with Crippen molar-refractivity contribution in [3.8, 4) is 0 Å². The van der Waals surface area contributed by atoms with Crippen molar-refractivity contribution < 1.29 is 23.9 Å². The van der Waals surface area contributed by atoms with Gasteiger partial charge in [0.1, 0.15) is 9.88 Å². The lowest BCUT2D eigenvalue weighted by Gasteiger charge is -2.18. The number of hydrogen-bond acceptors (Lipinski definition) is 7. The summed E-state index contributed by atoms with van der Waals surface area (Å²) < 4.78 is 10.7. The fourth-order valence-corrected chi connectivity index (χ4v) is 6.68. The van der Waals surface area contributed by atoms with E-state index in [1.165, 1.54) is 33.1 Å². The zero-order chi connectivity index (χ0) is 22.1. The van der Waals surface area contributed by atoms with Crippen LogP contribution in [0.2, 0.25) is 0 Å². The van der Waals surface area contributed by atoms with E-state index in [9.17, 15) is 14.4 Å². The summed E-state index contributed by atoms with van der Waals surface area (Å²) in [4.78, 5) is 40.5. The second-order valence-electron chi connectivity index (χ2n) is 8.55. The Kier molecular flexibility index (Phi) is 6.48. The number of amides is 1. The molecule has 2 aromatic rings. The van der Waals surface area contributed by atoms with E-state index in [1.54, 1.807) is 13.8 Å². The van der Waals surface area contributed by atoms with Crippen molar-refractivity contribution in [2.75, 3.05) is 11.9 Å². The van der Waals surface area contributed by atoms with Gasteiger partial charge in [0, 0.05) is 9.75 Å². The quantitative estimate of drug-likeness (QED) is 0.626. The minimum Gasteiger partial charge on any atom is -0.459 e. The SMILES string of the molecule is CC1CCc2c(sc(NC(=O)COC(=O)c3cc4c(s3)CCC4)c2C(=O)OC(C)C)C1. The Balaban J connectivity index is 1.44. The van der Waals surface area contributed by atoms with E-state index in [0.717, 1.165) is 49.0 Å². The highest BCUT2D eigenvalue weighted by Gasteiger charge is 2.30. The zero-order valence-corrected chi connectivity index (χ0v) is 19.7. The van der Waals surface area contributed by atoms with Gasteiger partial charge in [-0.2, -0.15) is 0 Å². The van der Waals surface area contributed by atoms with Crippen LogP contribution in [0.5, 0.6) is 0 Å². The molecule has 1 unspecified atom stereocenters. The second-order valence-corrected chi connectivity index (χ2v) is 10.8. The molecule has 31 heavy (non-hydrogen) atoms. The van der Waals surface area contributed by atoms with Crippen LogP contribution in [0.3, 0.4) is 0 Å². The van der Waals surface area contributed by atoms with Gasteiger partial charge >= 0.3 is 11.9 Å². The number of ether oxygens (including phenoxy) is 2. The van der Waals surface area contributed by atoms with E-state index in [-0.39, 0.29) is 12.7 Å². The van der Waals surface area contributed by atoms with Crippen molar-refractivity contribution in [1.29, 1.82) is 0 Å². The molecule has 0 fully saturated rings. The molecular weight excluding hydrogens is 434 g/mol. The van der Waals surface area contributed by atoms with E-state index >= 15 is 0 Å². The maximum absolute atomic E-state index is 12.7. The first kappa shape index (κ1) is 22.0. The average Bonchev–Trinajstić information content (AvgIpc) is 3.37. The predicted octanol–water partition coefficient (Wildman–Crippen LogP) is 4.78. The Hall–Kier alpha value is -2.19. The fraction of sp³-hybridized carbons (Fsp3) is 0.522. The van der Waals surface area contributed by atoms with Gasteiger partial charge in [-0.15, -0.1) is 22.7 Å². The van der Waals surface area contributed by atoms with Crippen LogP contribution in [0, 0.1) is 5.92 Å². The van der Waals surface area contributed by atoms with E-state index in [1.807, 2.05) is 6.07 Å². The van der Waals surface area contributed by atoms with Gasteiger partial charge in [-0.1, -0.05) is 6.92 Å². The molecule has 2 aliphatic rings. The van der Waals surface area contributed by atoms with Crippen LogP contribution in [-0.4, -0.2) is 30.6 Å². The van der Waals surface area contributed by atoms with Crippen molar-refractivity contribution in [2.24, 2.45) is 5.92 Å². The smallest absolute Gasteiger partial charge is 0.348 e. The van der Waals surface area contributed by atoms with E-state index in [0.29, 0.717) is 21.4 Å². The lowest BCUT2D eigenvalue weighted by Crippen LogP contribution is -2.22. The molecule has 2 heterocycles. The van der Waals surface area contributed by atoms with E-state index in [4.69, 9.17) is 9.47 Å². The Morgan fingerprint density at radius 2 is 1.94 bits per heavy atom. The van der Waals surface area contributed by atoms with Gasteiger partial charge in [-0.3, -0.25) is 4.79 Å². The monoisotopic (exact) mass is 461 g/mol. The van der Waals surface area contributed by atoms with Gasteiger partial charge in [0.25, 0.3) is 5.91 Å². The molecule has 8 heteroatoms. The number of aryl methyl sites for hydroxylation is 2. The lowest BCUT2D eigenvalue weighted by molar-refractivity contribution is -0.119. The molecule has 2 aliphatic carbocycles. The number of carbonyl (C=O) groups is 3. The molecule has 1 amide bonds. The minimum atomic E-state index is -0.478. The molecule has 0 saturated carbocycles. The van der Waals surface area contributed by atoms with E-state index < -0.39 is 17.8 Å². The fourth-order valence-electron chi connectivity index (χ4n) is 4.12.